The number of ether oxygens (including phenoxy) is 2. The molecule has 1 amide bonds. The monoisotopic (exact) mass is 486 g/mol. The molecule has 3 atom stereocenters. The van der Waals surface area contributed by atoms with E-state index < -0.39 is 11.0 Å². The van der Waals surface area contributed by atoms with Gasteiger partial charge in [0.25, 0.3) is 0 Å². The van der Waals surface area contributed by atoms with Crippen LogP contribution in [0.25, 0.3) is 5.57 Å². The summed E-state index contributed by atoms with van der Waals surface area (Å²) in [4.78, 5) is 17.0. The van der Waals surface area contributed by atoms with Crippen LogP contribution in [0.3, 0.4) is 0 Å². The number of fused-ring (bicyclic) bond motifs is 2. The van der Waals surface area contributed by atoms with E-state index in [1.54, 1.807) is 19.1 Å². The first-order valence-corrected chi connectivity index (χ1v) is 13.1. The Labute approximate surface area is 212 Å². The molecular formula is C29H46N2O4. The molecule has 1 saturated carbocycles. The lowest BCUT2D eigenvalue weighted by molar-refractivity contribution is -0.146. The van der Waals surface area contributed by atoms with E-state index in [0.29, 0.717) is 25.7 Å². The van der Waals surface area contributed by atoms with Gasteiger partial charge in [-0.1, -0.05) is 35.9 Å². The van der Waals surface area contributed by atoms with Crippen LogP contribution >= 0.6 is 0 Å². The van der Waals surface area contributed by atoms with Crippen molar-refractivity contribution in [1.29, 1.82) is 0 Å². The van der Waals surface area contributed by atoms with Crippen LogP contribution in [0.1, 0.15) is 51.5 Å². The number of carbonyl (C=O) groups excluding carboxylic acids is 1. The van der Waals surface area contributed by atoms with E-state index in [1.165, 1.54) is 23.1 Å². The third kappa shape index (κ3) is 6.34. The minimum Gasteiger partial charge on any atom is -0.389 e. The summed E-state index contributed by atoms with van der Waals surface area (Å²) in [5.74, 6) is 0.747. The molecule has 0 saturated heterocycles. The average Bonchev–Trinajstić information content (AvgIpc) is 2.84. The van der Waals surface area contributed by atoms with Gasteiger partial charge in [0.15, 0.2) is 0 Å². The largest absolute Gasteiger partial charge is 0.389 e. The Morgan fingerprint density at radius 3 is 2.37 bits per heavy atom. The second-order valence-corrected chi connectivity index (χ2v) is 11.2. The first kappa shape index (κ1) is 27.9. The summed E-state index contributed by atoms with van der Waals surface area (Å²) in [6.45, 7) is 7.25. The zero-order valence-electron chi connectivity index (χ0n) is 22.7. The van der Waals surface area contributed by atoms with Crippen LogP contribution in [0.4, 0.5) is 0 Å². The summed E-state index contributed by atoms with van der Waals surface area (Å²) in [5.41, 5.74) is 2.82. The molecule has 35 heavy (non-hydrogen) atoms. The Bertz CT molecular complexity index is 865. The highest BCUT2D eigenvalue weighted by Gasteiger charge is 2.49. The Morgan fingerprint density at radius 1 is 1.09 bits per heavy atom. The van der Waals surface area contributed by atoms with Crippen molar-refractivity contribution in [3.8, 4) is 0 Å². The highest BCUT2D eigenvalue weighted by Crippen LogP contribution is 2.54. The standard InChI is InChI=1S/C29H46N2O4/c1-22-24-13-14-25(26(22)23-11-8-7-9-12-23)29(33,19-24)15-18-30(3)16-10-17-31(4)27(32)28(2,20-34-5)21-35-6/h7-9,11-12,24-25,33H,10,13-21H2,1-6H3. The fraction of sp³-hybridized carbons (Fsp3) is 0.690. The number of methoxy groups -OCH3 is 2. The van der Waals surface area contributed by atoms with Gasteiger partial charge in [0.05, 0.1) is 24.2 Å². The van der Waals surface area contributed by atoms with E-state index in [4.69, 9.17) is 9.47 Å². The van der Waals surface area contributed by atoms with Crippen molar-refractivity contribution in [3.63, 3.8) is 0 Å². The molecule has 3 aliphatic rings. The summed E-state index contributed by atoms with van der Waals surface area (Å²) < 4.78 is 10.5. The molecule has 0 radical (unpaired) electrons. The van der Waals surface area contributed by atoms with E-state index >= 15 is 0 Å². The van der Waals surface area contributed by atoms with Crippen molar-refractivity contribution in [2.45, 2.75) is 51.6 Å². The topological polar surface area (TPSA) is 62.2 Å². The number of carbonyl (C=O) groups is 1. The molecule has 0 aliphatic heterocycles. The van der Waals surface area contributed by atoms with Crippen LogP contribution in [0.15, 0.2) is 35.9 Å². The predicted molar refractivity (Wildman–Crippen MR) is 141 cm³/mol. The van der Waals surface area contributed by atoms with Crippen LogP contribution in [0.5, 0.6) is 0 Å². The first-order chi connectivity index (χ1) is 16.6. The molecular weight excluding hydrogens is 440 g/mol. The van der Waals surface area contributed by atoms with Gasteiger partial charge in [0.1, 0.15) is 0 Å². The smallest absolute Gasteiger partial charge is 0.232 e. The fourth-order valence-electron chi connectivity index (χ4n) is 6.35. The van der Waals surface area contributed by atoms with E-state index in [0.717, 1.165) is 38.8 Å². The lowest BCUT2D eigenvalue weighted by Gasteiger charge is -2.51. The number of benzene rings is 1. The summed E-state index contributed by atoms with van der Waals surface area (Å²) in [5, 5.41) is 11.8. The summed E-state index contributed by atoms with van der Waals surface area (Å²) in [6.07, 6.45) is 4.80. The number of nitrogens with zero attached hydrogens (tertiary/aromatic N) is 2. The molecule has 6 nitrogen and oxygen atoms in total. The van der Waals surface area contributed by atoms with Gasteiger partial charge in [-0.15, -0.1) is 0 Å². The second-order valence-electron chi connectivity index (χ2n) is 11.2. The Hall–Kier alpha value is -1.73. The van der Waals surface area contributed by atoms with Crippen molar-refractivity contribution < 1.29 is 19.4 Å². The van der Waals surface area contributed by atoms with Crippen molar-refractivity contribution in [1.82, 2.24) is 9.80 Å². The van der Waals surface area contributed by atoms with E-state index in [-0.39, 0.29) is 11.8 Å². The molecule has 1 fully saturated rings. The van der Waals surface area contributed by atoms with Crippen LogP contribution in [-0.4, -0.2) is 87.6 Å². The maximum absolute atomic E-state index is 13.0. The molecule has 1 aromatic rings. The molecule has 0 spiro atoms. The minimum absolute atomic E-state index is 0.0481. The predicted octanol–water partition coefficient (Wildman–Crippen LogP) is 4.09. The molecule has 1 aromatic carbocycles. The molecule has 4 rings (SSSR count). The lowest BCUT2D eigenvalue weighted by Crippen LogP contribution is -2.49. The van der Waals surface area contributed by atoms with Gasteiger partial charge in [-0.25, -0.2) is 0 Å². The number of hydrogen-bond acceptors (Lipinski definition) is 5. The molecule has 196 valence electrons. The van der Waals surface area contributed by atoms with E-state index in [9.17, 15) is 9.90 Å². The Kier molecular flexibility index (Phi) is 9.55. The van der Waals surface area contributed by atoms with Crippen LogP contribution in [-0.2, 0) is 14.3 Å². The normalized spacial score (nSPS) is 24.3. The fourth-order valence-corrected chi connectivity index (χ4v) is 6.35. The zero-order valence-corrected chi connectivity index (χ0v) is 22.7. The maximum Gasteiger partial charge on any atom is 0.232 e. The van der Waals surface area contributed by atoms with Crippen LogP contribution in [0.2, 0.25) is 0 Å². The number of allylic oxidation sites excluding steroid dienone is 1. The number of amides is 1. The molecule has 2 bridgehead atoms. The number of rotatable bonds is 13. The first-order valence-electron chi connectivity index (χ1n) is 13.1. The quantitative estimate of drug-likeness (QED) is 0.455. The zero-order chi connectivity index (χ0) is 25.6. The van der Waals surface area contributed by atoms with Gasteiger partial charge in [-0.05, 0) is 76.6 Å². The summed E-state index contributed by atoms with van der Waals surface area (Å²) >= 11 is 0. The van der Waals surface area contributed by atoms with Crippen molar-refractivity contribution >= 4 is 11.5 Å². The van der Waals surface area contributed by atoms with Gasteiger partial charge in [-0.3, -0.25) is 4.79 Å². The van der Waals surface area contributed by atoms with Crippen molar-refractivity contribution in [2.24, 2.45) is 17.3 Å². The highest BCUT2D eigenvalue weighted by molar-refractivity contribution is 5.82. The SMILES string of the molecule is COCC(C)(COC)C(=O)N(C)CCCN(C)CCC1(O)CC2CCC1C(c1ccccc1)=C2C. The maximum atomic E-state index is 13.0. The third-order valence-electron chi connectivity index (χ3n) is 8.27. The van der Waals surface area contributed by atoms with Crippen LogP contribution < -0.4 is 0 Å². The van der Waals surface area contributed by atoms with Gasteiger partial charge in [0.2, 0.25) is 5.91 Å². The number of aliphatic hydroxyl groups is 1. The molecule has 0 heterocycles. The van der Waals surface area contributed by atoms with E-state index in [1.807, 2.05) is 14.0 Å². The molecule has 6 heteroatoms. The van der Waals surface area contributed by atoms with Gasteiger partial charge in [-0.2, -0.15) is 0 Å². The molecule has 3 unspecified atom stereocenters. The Balaban J connectivity index is 1.52. The number of hydrogen-bond donors (Lipinski definition) is 1. The van der Waals surface area contributed by atoms with Crippen LogP contribution in [0, 0.1) is 17.3 Å². The van der Waals surface area contributed by atoms with Gasteiger partial charge >= 0.3 is 0 Å². The van der Waals surface area contributed by atoms with E-state index in [2.05, 4.69) is 49.2 Å². The molecule has 3 aliphatic carbocycles. The molecule has 1 N–H and O–H groups in total. The molecule has 0 aromatic heterocycles. The van der Waals surface area contributed by atoms with Gasteiger partial charge < -0.3 is 24.4 Å². The second kappa shape index (κ2) is 12.0. The lowest BCUT2D eigenvalue weighted by atomic mass is 9.57. The van der Waals surface area contributed by atoms with Crippen molar-refractivity contribution in [3.05, 3.63) is 41.5 Å². The van der Waals surface area contributed by atoms with Gasteiger partial charge in [0, 0.05) is 40.3 Å². The van der Waals surface area contributed by atoms with Crippen molar-refractivity contribution in [2.75, 3.05) is 61.2 Å². The minimum atomic E-state index is -0.671. The summed E-state index contributed by atoms with van der Waals surface area (Å²) in [6, 6.07) is 10.6. The Morgan fingerprint density at radius 2 is 1.74 bits per heavy atom. The third-order valence-corrected chi connectivity index (χ3v) is 8.27. The highest BCUT2D eigenvalue weighted by atomic mass is 16.5. The summed E-state index contributed by atoms with van der Waals surface area (Å²) in [7, 11) is 7.20. The average molecular weight is 487 g/mol.